The van der Waals surface area contributed by atoms with Crippen molar-refractivity contribution in [1.82, 2.24) is 26.6 Å². The van der Waals surface area contributed by atoms with E-state index in [1.807, 2.05) is 48.5 Å². The number of aliphatic hydroxyl groups excluding tert-OH is 1. The van der Waals surface area contributed by atoms with E-state index >= 15 is 0 Å². The van der Waals surface area contributed by atoms with Crippen LogP contribution in [0, 0.1) is 11.6 Å². The molecule has 0 aromatic heterocycles. The zero-order valence-electron chi connectivity index (χ0n) is 26.6. The summed E-state index contributed by atoms with van der Waals surface area (Å²) in [5, 5.41) is 23.5. The summed E-state index contributed by atoms with van der Waals surface area (Å²) in [6.07, 6.45) is -0.615. The second kappa shape index (κ2) is 17.3. The lowest BCUT2D eigenvalue weighted by Crippen LogP contribution is -2.52. The molecule has 4 amide bonds. The highest BCUT2D eigenvalue weighted by molar-refractivity contribution is 5.88. The number of ether oxygens (including phenoxy) is 1. The van der Waals surface area contributed by atoms with Crippen LogP contribution in [-0.4, -0.2) is 60.8 Å². The smallest absolute Gasteiger partial charge is 0.314 e. The summed E-state index contributed by atoms with van der Waals surface area (Å²) >= 11 is 0. The molecular weight excluding hydrogens is 596 g/mol. The van der Waals surface area contributed by atoms with Gasteiger partial charge in [-0.2, -0.15) is 0 Å². The molecular formula is C34H43F2N5O5. The molecule has 0 aliphatic heterocycles. The molecule has 0 heterocycles. The van der Waals surface area contributed by atoms with Crippen molar-refractivity contribution < 1.29 is 33.0 Å². The summed E-state index contributed by atoms with van der Waals surface area (Å²) in [6, 6.07) is 17.3. The molecule has 10 nitrogen and oxygen atoms in total. The minimum Gasteiger partial charge on any atom is -0.392 e. The Morgan fingerprint density at radius 1 is 0.913 bits per heavy atom. The molecule has 12 heteroatoms. The predicted molar refractivity (Wildman–Crippen MR) is 171 cm³/mol. The lowest BCUT2D eigenvalue weighted by Gasteiger charge is -2.28. The van der Waals surface area contributed by atoms with Crippen LogP contribution in [0.2, 0.25) is 0 Å². The van der Waals surface area contributed by atoms with Crippen molar-refractivity contribution >= 4 is 17.8 Å². The maximum absolute atomic E-state index is 14.1. The third-order valence-corrected chi connectivity index (χ3v) is 7.14. The maximum Gasteiger partial charge on any atom is 0.314 e. The van der Waals surface area contributed by atoms with Crippen LogP contribution < -0.4 is 26.6 Å². The standard InChI is InChI=1S/C34H43F2N5O5/c1-22(42)17-40-34(2,3)16-31(43)41-30(21-46-20-27-28(35)10-7-11-29(27)36)32(44)38-18-23-12-14-24(15-13-23)26-9-6-5-8-25(26)19-39-33(45)37-4/h5-15,22,30,40,42H,16-21H2,1-4H3,(H,38,44)(H,41,43)(H2,37,39,45)/t22?,30-/m1/s1. The van der Waals surface area contributed by atoms with Gasteiger partial charge in [0.25, 0.3) is 0 Å². The number of nitrogens with one attached hydrogen (secondary N) is 5. The Morgan fingerprint density at radius 3 is 2.24 bits per heavy atom. The highest BCUT2D eigenvalue weighted by Crippen LogP contribution is 2.24. The van der Waals surface area contributed by atoms with Gasteiger partial charge in [-0.05, 0) is 55.2 Å². The number of rotatable bonds is 16. The van der Waals surface area contributed by atoms with E-state index in [0.29, 0.717) is 6.54 Å². The van der Waals surface area contributed by atoms with E-state index in [2.05, 4.69) is 26.6 Å². The van der Waals surface area contributed by atoms with E-state index in [9.17, 15) is 28.3 Å². The number of aliphatic hydroxyl groups is 1. The fraction of sp³-hybridized carbons (Fsp3) is 0.382. The van der Waals surface area contributed by atoms with Crippen LogP contribution in [0.1, 0.15) is 43.9 Å². The van der Waals surface area contributed by atoms with Crippen molar-refractivity contribution in [3.05, 3.63) is 95.1 Å². The van der Waals surface area contributed by atoms with Gasteiger partial charge >= 0.3 is 6.03 Å². The van der Waals surface area contributed by atoms with E-state index in [4.69, 9.17) is 4.74 Å². The molecule has 0 bridgehead atoms. The largest absolute Gasteiger partial charge is 0.392 e. The van der Waals surface area contributed by atoms with E-state index in [0.717, 1.165) is 34.4 Å². The quantitative estimate of drug-likeness (QED) is 0.142. The van der Waals surface area contributed by atoms with Crippen LogP contribution in [0.15, 0.2) is 66.7 Å². The summed E-state index contributed by atoms with van der Waals surface area (Å²) in [5.41, 5.74) is 2.65. The molecule has 0 saturated heterocycles. The first-order valence-electron chi connectivity index (χ1n) is 15.0. The highest BCUT2D eigenvalue weighted by atomic mass is 19.1. The second-order valence-electron chi connectivity index (χ2n) is 11.6. The Balaban J connectivity index is 1.66. The molecule has 0 radical (unpaired) electrons. The van der Waals surface area contributed by atoms with E-state index in [1.54, 1.807) is 27.8 Å². The summed E-state index contributed by atoms with van der Waals surface area (Å²) in [7, 11) is 1.55. The number of urea groups is 1. The van der Waals surface area contributed by atoms with E-state index < -0.39 is 47.7 Å². The van der Waals surface area contributed by atoms with Gasteiger partial charge in [0.15, 0.2) is 0 Å². The minimum atomic E-state index is -1.14. The van der Waals surface area contributed by atoms with Gasteiger partial charge in [0.2, 0.25) is 11.8 Å². The number of amides is 4. The van der Waals surface area contributed by atoms with Crippen molar-refractivity contribution in [2.45, 2.75) is 64.6 Å². The first-order chi connectivity index (χ1) is 21.9. The van der Waals surface area contributed by atoms with Crippen molar-refractivity contribution in [3.8, 4) is 11.1 Å². The molecule has 0 saturated carbocycles. The van der Waals surface area contributed by atoms with Gasteiger partial charge in [0, 0.05) is 44.2 Å². The number of hydrogen-bond donors (Lipinski definition) is 6. The number of benzene rings is 3. The number of β-amino-alcohol motifs (C(OH)–C–C–N with tert-alkyl or cyclic N) is 1. The lowest BCUT2D eigenvalue weighted by atomic mass is 9.98. The normalized spacial score (nSPS) is 12.6. The minimum absolute atomic E-state index is 0.00693. The van der Waals surface area contributed by atoms with Gasteiger partial charge in [-0.3, -0.25) is 9.59 Å². The number of halogens is 2. The Hall–Kier alpha value is -4.39. The molecule has 3 aromatic carbocycles. The van der Waals surface area contributed by atoms with Crippen molar-refractivity contribution in [2.75, 3.05) is 20.2 Å². The predicted octanol–water partition coefficient (Wildman–Crippen LogP) is 3.52. The molecule has 1 unspecified atom stereocenters. The average Bonchev–Trinajstić information content (AvgIpc) is 3.02. The Labute approximate surface area is 268 Å². The van der Waals surface area contributed by atoms with Crippen LogP contribution in [0.5, 0.6) is 0 Å². The Kier molecular flexibility index (Phi) is 13.6. The van der Waals surface area contributed by atoms with Crippen LogP contribution in [0.25, 0.3) is 11.1 Å². The van der Waals surface area contributed by atoms with Crippen LogP contribution >= 0.6 is 0 Å². The van der Waals surface area contributed by atoms with Crippen LogP contribution in [0.4, 0.5) is 13.6 Å². The van der Waals surface area contributed by atoms with Gasteiger partial charge in [-0.15, -0.1) is 0 Å². The molecule has 3 aromatic rings. The zero-order chi connectivity index (χ0) is 33.7. The SMILES string of the molecule is CNC(=O)NCc1ccccc1-c1ccc(CNC(=O)[C@@H](COCc2c(F)cccc2F)NC(=O)CC(C)(C)NCC(C)O)cc1. The van der Waals surface area contributed by atoms with E-state index in [1.165, 1.54) is 6.07 Å². The monoisotopic (exact) mass is 639 g/mol. The molecule has 248 valence electrons. The molecule has 0 aliphatic rings. The van der Waals surface area contributed by atoms with Gasteiger partial charge in [-0.25, -0.2) is 13.6 Å². The van der Waals surface area contributed by atoms with Crippen molar-refractivity contribution in [1.29, 1.82) is 0 Å². The molecule has 0 spiro atoms. The van der Waals surface area contributed by atoms with Crippen molar-refractivity contribution in [3.63, 3.8) is 0 Å². The molecule has 2 atom stereocenters. The molecule has 3 rings (SSSR count). The van der Waals surface area contributed by atoms with Gasteiger partial charge < -0.3 is 36.4 Å². The number of hydrogen-bond acceptors (Lipinski definition) is 6. The number of carbonyl (C=O) groups is 3. The first-order valence-corrected chi connectivity index (χ1v) is 15.0. The summed E-state index contributed by atoms with van der Waals surface area (Å²) < 4.78 is 33.7. The first kappa shape index (κ1) is 36.1. The topological polar surface area (TPSA) is 141 Å². The van der Waals surface area contributed by atoms with Crippen LogP contribution in [0.3, 0.4) is 0 Å². The van der Waals surface area contributed by atoms with Crippen molar-refractivity contribution in [2.24, 2.45) is 0 Å². The molecule has 0 fully saturated rings. The Morgan fingerprint density at radius 2 is 1.59 bits per heavy atom. The molecule has 6 N–H and O–H groups in total. The van der Waals surface area contributed by atoms with Gasteiger partial charge in [0.05, 0.1) is 19.3 Å². The number of carbonyl (C=O) groups excluding carboxylic acids is 3. The fourth-order valence-corrected chi connectivity index (χ4v) is 4.60. The third-order valence-electron chi connectivity index (χ3n) is 7.14. The summed E-state index contributed by atoms with van der Waals surface area (Å²) in [6.45, 7) is 5.23. The zero-order valence-corrected chi connectivity index (χ0v) is 26.6. The summed E-state index contributed by atoms with van der Waals surface area (Å²) in [4.78, 5) is 37.8. The lowest BCUT2D eigenvalue weighted by molar-refractivity contribution is -0.131. The summed E-state index contributed by atoms with van der Waals surface area (Å²) in [5.74, 6) is -2.53. The Bertz CT molecular complexity index is 1450. The highest BCUT2D eigenvalue weighted by Gasteiger charge is 2.26. The second-order valence-corrected chi connectivity index (χ2v) is 11.6. The fourth-order valence-electron chi connectivity index (χ4n) is 4.60. The molecule has 46 heavy (non-hydrogen) atoms. The van der Waals surface area contributed by atoms with E-state index in [-0.39, 0.29) is 37.7 Å². The van der Waals surface area contributed by atoms with Gasteiger partial charge in [-0.1, -0.05) is 54.6 Å². The molecule has 0 aliphatic carbocycles. The van der Waals surface area contributed by atoms with Gasteiger partial charge in [0.1, 0.15) is 17.7 Å². The third kappa shape index (κ3) is 11.5. The van der Waals surface area contributed by atoms with Crippen LogP contribution in [-0.2, 0) is 34.0 Å². The maximum atomic E-state index is 14.1. The average molecular weight is 640 g/mol.